The Hall–Kier alpha value is -1.98. The van der Waals surface area contributed by atoms with E-state index in [1.165, 1.54) is 11.0 Å². The third kappa shape index (κ3) is 2.37. The Bertz CT molecular complexity index is 561. The van der Waals surface area contributed by atoms with Crippen molar-refractivity contribution in [3.8, 4) is 0 Å². The highest BCUT2D eigenvalue weighted by molar-refractivity contribution is 5.96. The van der Waals surface area contributed by atoms with Gasteiger partial charge in [-0.05, 0) is 25.0 Å². The highest BCUT2D eigenvalue weighted by Gasteiger charge is 2.42. The Labute approximate surface area is 115 Å². The Kier molecular flexibility index (Phi) is 3.74. The Morgan fingerprint density at radius 1 is 1.30 bits per heavy atom. The molecule has 0 aliphatic carbocycles. The Balaban J connectivity index is 2.40. The Morgan fingerprint density at radius 3 is 2.50 bits per heavy atom. The molecule has 2 rings (SSSR count). The molecule has 0 aromatic heterocycles. The van der Waals surface area contributed by atoms with Crippen LogP contribution in [0.3, 0.4) is 0 Å². The van der Waals surface area contributed by atoms with Crippen molar-refractivity contribution in [2.24, 2.45) is 11.8 Å². The summed E-state index contributed by atoms with van der Waals surface area (Å²) in [5.74, 6) is -4.38. The van der Waals surface area contributed by atoms with Crippen LogP contribution in [0.1, 0.15) is 20.3 Å². The van der Waals surface area contributed by atoms with Crippen LogP contribution in [-0.2, 0) is 9.59 Å². The molecular formula is C14H15F2NO3. The molecule has 1 aromatic carbocycles. The maximum atomic E-state index is 13.3. The molecule has 0 spiro atoms. The van der Waals surface area contributed by atoms with Gasteiger partial charge in [-0.2, -0.15) is 0 Å². The zero-order valence-electron chi connectivity index (χ0n) is 11.1. The number of anilines is 1. The largest absolute Gasteiger partial charge is 0.481 e. The molecule has 4 nitrogen and oxygen atoms in total. The van der Waals surface area contributed by atoms with Gasteiger partial charge in [-0.1, -0.05) is 6.92 Å². The van der Waals surface area contributed by atoms with E-state index in [-0.39, 0.29) is 23.9 Å². The van der Waals surface area contributed by atoms with Crippen LogP contribution in [0.25, 0.3) is 0 Å². The van der Waals surface area contributed by atoms with Crippen molar-refractivity contribution in [3.63, 3.8) is 0 Å². The van der Waals surface area contributed by atoms with E-state index < -0.39 is 29.6 Å². The molecule has 1 heterocycles. The zero-order chi connectivity index (χ0) is 15.0. The van der Waals surface area contributed by atoms with Crippen molar-refractivity contribution in [1.82, 2.24) is 0 Å². The molecule has 1 fully saturated rings. The maximum absolute atomic E-state index is 13.3. The second-order valence-electron chi connectivity index (χ2n) is 5.15. The molecule has 1 aliphatic rings. The van der Waals surface area contributed by atoms with Crippen LogP contribution in [0.5, 0.6) is 0 Å². The molecule has 0 saturated carbocycles. The molecule has 20 heavy (non-hydrogen) atoms. The van der Waals surface area contributed by atoms with E-state index >= 15 is 0 Å². The number of carboxylic acids is 1. The molecule has 108 valence electrons. The molecule has 1 amide bonds. The van der Waals surface area contributed by atoms with Crippen molar-refractivity contribution in [2.75, 3.05) is 4.90 Å². The molecule has 6 heteroatoms. The fraction of sp³-hybridized carbons (Fsp3) is 0.429. The van der Waals surface area contributed by atoms with E-state index in [0.29, 0.717) is 0 Å². The number of hydrogen-bond donors (Lipinski definition) is 1. The summed E-state index contributed by atoms with van der Waals surface area (Å²) in [6.07, 6.45) is 0.0697. The predicted octanol–water partition coefficient (Wildman–Crippen LogP) is 2.43. The molecule has 1 aromatic rings. The first-order chi connectivity index (χ1) is 9.32. The van der Waals surface area contributed by atoms with Crippen LogP contribution in [0.2, 0.25) is 0 Å². The van der Waals surface area contributed by atoms with Crippen molar-refractivity contribution in [1.29, 1.82) is 0 Å². The number of rotatable bonds is 2. The van der Waals surface area contributed by atoms with Crippen LogP contribution in [0, 0.1) is 23.5 Å². The van der Waals surface area contributed by atoms with Gasteiger partial charge in [0.25, 0.3) is 0 Å². The smallest absolute Gasteiger partial charge is 0.308 e. The van der Waals surface area contributed by atoms with Crippen molar-refractivity contribution < 1.29 is 23.5 Å². The van der Waals surface area contributed by atoms with Crippen molar-refractivity contribution in [2.45, 2.75) is 26.3 Å². The second kappa shape index (κ2) is 5.19. The van der Waals surface area contributed by atoms with Crippen LogP contribution >= 0.6 is 0 Å². The molecular weight excluding hydrogens is 268 g/mol. The van der Waals surface area contributed by atoms with Gasteiger partial charge >= 0.3 is 5.97 Å². The highest BCUT2D eigenvalue weighted by Crippen LogP contribution is 2.34. The normalized spacial score (nSPS) is 26.7. The lowest BCUT2D eigenvalue weighted by Crippen LogP contribution is -2.53. The van der Waals surface area contributed by atoms with E-state index in [4.69, 9.17) is 0 Å². The van der Waals surface area contributed by atoms with Crippen LogP contribution in [-0.4, -0.2) is 23.0 Å². The van der Waals surface area contributed by atoms with Gasteiger partial charge < -0.3 is 10.0 Å². The summed E-state index contributed by atoms with van der Waals surface area (Å²) >= 11 is 0. The lowest BCUT2D eigenvalue weighted by molar-refractivity contribution is -0.146. The van der Waals surface area contributed by atoms with Gasteiger partial charge in [0.05, 0.1) is 5.92 Å². The first-order valence-electron chi connectivity index (χ1n) is 6.33. The van der Waals surface area contributed by atoms with Gasteiger partial charge in [-0.25, -0.2) is 8.78 Å². The van der Waals surface area contributed by atoms with E-state index in [2.05, 4.69) is 0 Å². The lowest BCUT2D eigenvalue weighted by Gasteiger charge is -2.40. The highest BCUT2D eigenvalue weighted by atomic mass is 19.2. The summed E-state index contributed by atoms with van der Waals surface area (Å²) in [5, 5.41) is 9.26. The van der Waals surface area contributed by atoms with Gasteiger partial charge in [0, 0.05) is 24.2 Å². The van der Waals surface area contributed by atoms with Crippen LogP contribution in [0.15, 0.2) is 18.2 Å². The van der Waals surface area contributed by atoms with Crippen LogP contribution < -0.4 is 4.90 Å². The summed E-state index contributed by atoms with van der Waals surface area (Å²) < 4.78 is 26.2. The monoisotopic (exact) mass is 283 g/mol. The summed E-state index contributed by atoms with van der Waals surface area (Å²) in [4.78, 5) is 24.6. The van der Waals surface area contributed by atoms with E-state index in [9.17, 15) is 23.5 Å². The summed E-state index contributed by atoms with van der Waals surface area (Å²) in [6.45, 7) is 3.31. The number of carbonyl (C=O) groups excluding carboxylic acids is 1. The minimum Gasteiger partial charge on any atom is -0.481 e. The average Bonchev–Trinajstić information content (AvgIpc) is 2.32. The number of hydrogen-bond acceptors (Lipinski definition) is 2. The van der Waals surface area contributed by atoms with Crippen molar-refractivity contribution in [3.05, 3.63) is 29.8 Å². The Morgan fingerprint density at radius 2 is 1.95 bits per heavy atom. The molecule has 3 unspecified atom stereocenters. The van der Waals surface area contributed by atoms with Gasteiger partial charge in [0.2, 0.25) is 5.91 Å². The molecule has 1 aliphatic heterocycles. The number of halogens is 2. The van der Waals surface area contributed by atoms with Crippen LogP contribution in [0.4, 0.5) is 14.5 Å². The minimum atomic E-state index is -1.06. The SMILES string of the molecule is CC1CC(=O)N(c2ccc(F)c(F)c2)C(C)C1C(=O)O. The number of piperidine rings is 1. The van der Waals surface area contributed by atoms with Gasteiger partial charge in [-0.15, -0.1) is 0 Å². The second-order valence-corrected chi connectivity index (χ2v) is 5.15. The average molecular weight is 283 g/mol. The number of nitrogens with zero attached hydrogens (tertiary/aromatic N) is 1. The number of aliphatic carboxylic acids is 1. The van der Waals surface area contributed by atoms with Gasteiger partial charge in [0.15, 0.2) is 11.6 Å². The van der Waals surface area contributed by atoms with E-state index in [1.807, 2.05) is 0 Å². The number of carboxylic acid groups (broad SMARTS) is 1. The van der Waals surface area contributed by atoms with Gasteiger partial charge in [0.1, 0.15) is 0 Å². The quantitative estimate of drug-likeness (QED) is 0.907. The minimum absolute atomic E-state index is 0.0697. The zero-order valence-corrected chi connectivity index (χ0v) is 11.1. The third-order valence-electron chi connectivity index (χ3n) is 3.77. The maximum Gasteiger partial charge on any atom is 0.308 e. The topological polar surface area (TPSA) is 57.6 Å². The molecule has 0 bridgehead atoms. The standard InChI is InChI=1S/C14H15F2NO3/c1-7-5-12(18)17(8(2)13(7)14(19)20)9-3-4-10(15)11(16)6-9/h3-4,6-8,13H,5H2,1-2H3,(H,19,20). The summed E-state index contributed by atoms with van der Waals surface area (Å²) in [5.41, 5.74) is 0.180. The molecule has 1 N–H and O–H groups in total. The third-order valence-corrected chi connectivity index (χ3v) is 3.77. The van der Waals surface area contributed by atoms with Gasteiger partial charge in [-0.3, -0.25) is 9.59 Å². The number of carbonyl (C=O) groups is 2. The number of benzene rings is 1. The fourth-order valence-electron chi connectivity index (χ4n) is 2.83. The van der Waals surface area contributed by atoms with E-state index in [1.54, 1.807) is 13.8 Å². The molecule has 0 radical (unpaired) electrons. The van der Waals surface area contributed by atoms with E-state index in [0.717, 1.165) is 12.1 Å². The summed E-state index contributed by atoms with van der Waals surface area (Å²) in [7, 11) is 0. The molecule has 3 atom stereocenters. The van der Waals surface area contributed by atoms with Crippen molar-refractivity contribution >= 4 is 17.6 Å². The predicted molar refractivity (Wildman–Crippen MR) is 68.2 cm³/mol. The molecule has 1 saturated heterocycles. The summed E-state index contributed by atoms with van der Waals surface area (Å²) in [6, 6.07) is 2.51. The first kappa shape index (κ1) is 14.4. The fourth-order valence-corrected chi connectivity index (χ4v) is 2.83. The first-order valence-corrected chi connectivity index (χ1v) is 6.33. The number of amides is 1. The lowest BCUT2D eigenvalue weighted by atomic mass is 9.81.